The summed E-state index contributed by atoms with van der Waals surface area (Å²) < 4.78 is 1.83. The third-order valence-corrected chi connectivity index (χ3v) is 3.34. The number of carbonyl (C=O) groups excluding carboxylic acids is 1. The van der Waals surface area contributed by atoms with E-state index in [0.29, 0.717) is 11.2 Å². The number of aromatic nitrogens is 1. The predicted molar refractivity (Wildman–Crippen MR) is 82.8 cm³/mol. The molecule has 0 spiro atoms. The first-order valence-electron chi connectivity index (χ1n) is 6.64. The summed E-state index contributed by atoms with van der Waals surface area (Å²) in [7, 11) is 0. The van der Waals surface area contributed by atoms with Crippen LogP contribution in [0.2, 0.25) is 0 Å². The SMILES string of the molecule is Cc1cc(=O)c(C(=O)Nc2ccccc2)c2ccccn12. The fraction of sp³-hybridized carbons (Fsp3) is 0.0588. The van der Waals surface area contributed by atoms with Gasteiger partial charge in [0, 0.05) is 23.6 Å². The minimum atomic E-state index is -0.394. The van der Waals surface area contributed by atoms with Crippen LogP contribution in [0.4, 0.5) is 5.69 Å². The lowest BCUT2D eigenvalue weighted by molar-refractivity contribution is 0.102. The molecule has 0 unspecified atom stereocenters. The molecule has 0 radical (unpaired) electrons. The summed E-state index contributed by atoms with van der Waals surface area (Å²) in [5, 5.41) is 2.76. The van der Waals surface area contributed by atoms with Crippen LogP contribution in [0.1, 0.15) is 16.1 Å². The molecule has 0 aliphatic heterocycles. The summed E-state index contributed by atoms with van der Waals surface area (Å²) in [6.07, 6.45) is 1.84. The number of aryl methyl sites for hydroxylation is 1. The van der Waals surface area contributed by atoms with Crippen molar-refractivity contribution in [2.75, 3.05) is 5.32 Å². The van der Waals surface area contributed by atoms with Crippen molar-refractivity contribution >= 4 is 17.1 Å². The van der Waals surface area contributed by atoms with E-state index in [-0.39, 0.29) is 11.0 Å². The Bertz CT molecular complexity index is 867. The summed E-state index contributed by atoms with van der Waals surface area (Å²) >= 11 is 0. The van der Waals surface area contributed by atoms with E-state index < -0.39 is 5.91 Å². The van der Waals surface area contributed by atoms with Gasteiger partial charge in [-0.2, -0.15) is 0 Å². The molecule has 3 aromatic rings. The Morgan fingerprint density at radius 3 is 2.52 bits per heavy atom. The lowest BCUT2D eigenvalue weighted by Crippen LogP contribution is -2.23. The molecule has 21 heavy (non-hydrogen) atoms. The van der Waals surface area contributed by atoms with Gasteiger partial charge in [-0.15, -0.1) is 0 Å². The number of nitrogens with zero attached hydrogens (tertiary/aromatic N) is 1. The van der Waals surface area contributed by atoms with Crippen LogP contribution in [0.15, 0.2) is 65.6 Å². The average molecular weight is 278 g/mol. The van der Waals surface area contributed by atoms with Gasteiger partial charge in [0.25, 0.3) is 5.91 Å². The minimum Gasteiger partial charge on any atom is -0.322 e. The number of fused-ring (bicyclic) bond motifs is 1. The molecule has 1 N–H and O–H groups in total. The second kappa shape index (κ2) is 5.25. The molecule has 1 aromatic carbocycles. The molecule has 0 atom stereocenters. The van der Waals surface area contributed by atoms with Gasteiger partial charge < -0.3 is 9.72 Å². The number of pyridine rings is 2. The first kappa shape index (κ1) is 13.1. The summed E-state index contributed by atoms with van der Waals surface area (Å²) in [6.45, 7) is 1.84. The van der Waals surface area contributed by atoms with Gasteiger partial charge in [-0.3, -0.25) is 9.59 Å². The zero-order chi connectivity index (χ0) is 14.8. The number of hydrogen-bond acceptors (Lipinski definition) is 2. The Morgan fingerprint density at radius 2 is 1.76 bits per heavy atom. The maximum absolute atomic E-state index is 12.4. The monoisotopic (exact) mass is 278 g/mol. The molecule has 0 saturated carbocycles. The molecule has 4 nitrogen and oxygen atoms in total. The topological polar surface area (TPSA) is 50.6 Å². The minimum absolute atomic E-state index is 0.157. The van der Waals surface area contributed by atoms with E-state index >= 15 is 0 Å². The Labute approximate surface area is 121 Å². The first-order chi connectivity index (χ1) is 10.2. The highest BCUT2D eigenvalue weighted by Crippen LogP contribution is 2.12. The molecule has 0 aliphatic carbocycles. The third-order valence-electron chi connectivity index (χ3n) is 3.34. The molecule has 2 aromatic heterocycles. The van der Waals surface area contributed by atoms with Gasteiger partial charge in [0.1, 0.15) is 5.56 Å². The Balaban J connectivity index is 2.12. The Kier molecular flexibility index (Phi) is 3.28. The molecular weight excluding hydrogens is 264 g/mol. The number of benzene rings is 1. The Hall–Kier alpha value is -2.88. The molecule has 1 amide bonds. The molecule has 0 fully saturated rings. The summed E-state index contributed by atoms with van der Waals surface area (Å²) in [4.78, 5) is 24.6. The highest BCUT2D eigenvalue weighted by atomic mass is 16.2. The van der Waals surface area contributed by atoms with E-state index in [4.69, 9.17) is 0 Å². The maximum atomic E-state index is 12.4. The van der Waals surface area contributed by atoms with Crippen molar-refractivity contribution in [2.24, 2.45) is 0 Å². The first-order valence-corrected chi connectivity index (χ1v) is 6.64. The molecule has 0 bridgehead atoms. The second-order valence-corrected chi connectivity index (χ2v) is 4.80. The molecule has 0 saturated heterocycles. The van der Waals surface area contributed by atoms with Crippen molar-refractivity contribution in [1.82, 2.24) is 4.40 Å². The lowest BCUT2D eigenvalue weighted by Gasteiger charge is -2.10. The summed E-state index contributed by atoms with van der Waals surface area (Å²) in [5.74, 6) is -0.394. The van der Waals surface area contributed by atoms with Gasteiger partial charge in [0.05, 0.1) is 5.52 Å². The van der Waals surface area contributed by atoms with E-state index in [1.54, 1.807) is 18.2 Å². The van der Waals surface area contributed by atoms with E-state index in [0.717, 1.165) is 5.69 Å². The van der Waals surface area contributed by atoms with Gasteiger partial charge in [-0.25, -0.2) is 0 Å². The molecule has 104 valence electrons. The van der Waals surface area contributed by atoms with Crippen molar-refractivity contribution in [1.29, 1.82) is 0 Å². The van der Waals surface area contributed by atoms with Crippen LogP contribution in [0, 0.1) is 6.92 Å². The van der Waals surface area contributed by atoms with Crippen molar-refractivity contribution in [3.8, 4) is 0 Å². The molecule has 0 aliphatic rings. The van der Waals surface area contributed by atoms with Crippen LogP contribution in [0.25, 0.3) is 5.52 Å². The lowest BCUT2D eigenvalue weighted by atomic mass is 10.1. The van der Waals surface area contributed by atoms with Gasteiger partial charge in [0.15, 0.2) is 5.43 Å². The van der Waals surface area contributed by atoms with Crippen molar-refractivity contribution < 1.29 is 4.79 Å². The standard InChI is InChI=1S/C17H14N2O2/c1-12-11-15(20)16(14-9-5-6-10-19(12)14)17(21)18-13-7-3-2-4-8-13/h2-11H,1H3,(H,18,21). The van der Waals surface area contributed by atoms with Crippen molar-refractivity contribution in [3.63, 3.8) is 0 Å². The fourth-order valence-electron chi connectivity index (χ4n) is 2.36. The number of para-hydroxylation sites is 1. The van der Waals surface area contributed by atoms with Crippen LogP contribution in [0.3, 0.4) is 0 Å². The Morgan fingerprint density at radius 1 is 1.05 bits per heavy atom. The van der Waals surface area contributed by atoms with Crippen molar-refractivity contribution in [2.45, 2.75) is 6.92 Å². The van der Waals surface area contributed by atoms with Gasteiger partial charge >= 0.3 is 0 Å². The molecule has 2 heterocycles. The maximum Gasteiger partial charge on any atom is 0.261 e. The zero-order valence-corrected chi connectivity index (χ0v) is 11.5. The third kappa shape index (κ3) is 2.43. The summed E-state index contributed by atoms with van der Waals surface area (Å²) in [5.41, 5.74) is 1.96. The number of rotatable bonds is 2. The van der Waals surface area contributed by atoms with E-state index in [1.165, 1.54) is 6.07 Å². The van der Waals surface area contributed by atoms with Crippen LogP contribution < -0.4 is 10.7 Å². The average Bonchev–Trinajstić information content (AvgIpc) is 2.48. The van der Waals surface area contributed by atoms with E-state index in [9.17, 15) is 9.59 Å². The number of carbonyl (C=O) groups is 1. The van der Waals surface area contributed by atoms with Crippen LogP contribution in [-0.4, -0.2) is 10.3 Å². The van der Waals surface area contributed by atoms with Crippen LogP contribution >= 0.6 is 0 Å². The highest BCUT2D eigenvalue weighted by molar-refractivity contribution is 6.08. The van der Waals surface area contributed by atoms with Crippen LogP contribution in [-0.2, 0) is 0 Å². The number of nitrogens with one attached hydrogen (secondary N) is 1. The van der Waals surface area contributed by atoms with Gasteiger partial charge in [-0.05, 0) is 31.2 Å². The largest absolute Gasteiger partial charge is 0.322 e. The predicted octanol–water partition coefficient (Wildman–Crippen LogP) is 2.86. The van der Waals surface area contributed by atoms with Gasteiger partial charge in [0.2, 0.25) is 0 Å². The highest BCUT2D eigenvalue weighted by Gasteiger charge is 2.15. The number of amides is 1. The number of hydrogen-bond donors (Lipinski definition) is 1. The zero-order valence-electron chi connectivity index (χ0n) is 11.5. The van der Waals surface area contributed by atoms with E-state index in [2.05, 4.69) is 5.32 Å². The second-order valence-electron chi connectivity index (χ2n) is 4.80. The quantitative estimate of drug-likeness (QED) is 0.783. The number of anilines is 1. The van der Waals surface area contributed by atoms with Crippen LogP contribution in [0.5, 0.6) is 0 Å². The smallest absolute Gasteiger partial charge is 0.261 e. The molecular formula is C17H14N2O2. The summed E-state index contributed by atoms with van der Waals surface area (Å²) in [6, 6.07) is 16.0. The van der Waals surface area contributed by atoms with Crippen molar-refractivity contribution in [3.05, 3.63) is 82.3 Å². The molecule has 3 rings (SSSR count). The normalized spacial score (nSPS) is 10.5. The van der Waals surface area contributed by atoms with Gasteiger partial charge in [-0.1, -0.05) is 24.3 Å². The molecule has 4 heteroatoms. The van der Waals surface area contributed by atoms with E-state index in [1.807, 2.05) is 47.9 Å². The fourth-order valence-corrected chi connectivity index (χ4v) is 2.36.